The lowest BCUT2D eigenvalue weighted by molar-refractivity contribution is -0.252. The Balaban J connectivity index is 1.78. The fraction of sp³-hybridized carbons (Fsp3) is 0.750. The van der Waals surface area contributed by atoms with Crippen molar-refractivity contribution in [2.75, 3.05) is 13.2 Å². The first kappa shape index (κ1) is 22.3. The minimum atomic E-state index is -0.778. The van der Waals surface area contributed by atoms with Gasteiger partial charge in [0.2, 0.25) is 0 Å². The number of aryl methyl sites for hydroxylation is 1. The van der Waals surface area contributed by atoms with Gasteiger partial charge in [-0.15, -0.1) is 0 Å². The van der Waals surface area contributed by atoms with E-state index < -0.39 is 23.2 Å². The van der Waals surface area contributed by atoms with E-state index in [0.717, 1.165) is 18.4 Å². The predicted molar refractivity (Wildman–Crippen MR) is 111 cm³/mol. The number of carbonyl (C=O) groups is 2. The van der Waals surface area contributed by atoms with Gasteiger partial charge < -0.3 is 23.7 Å². The van der Waals surface area contributed by atoms with Gasteiger partial charge in [-0.25, -0.2) is 0 Å². The number of rotatable bonds is 6. The molecule has 7 heteroatoms. The summed E-state index contributed by atoms with van der Waals surface area (Å²) in [5.74, 6) is -0.807. The zero-order valence-electron chi connectivity index (χ0n) is 18.9. The molecule has 1 aromatic heterocycles. The maximum absolute atomic E-state index is 12.1. The molecule has 2 heterocycles. The highest BCUT2D eigenvalue weighted by atomic mass is 16.6. The number of furan rings is 1. The second-order valence-corrected chi connectivity index (χ2v) is 10.1. The minimum absolute atomic E-state index is 0.0794. The summed E-state index contributed by atoms with van der Waals surface area (Å²) in [4.78, 5) is 23.9. The normalized spacial score (nSPS) is 41.5. The molecule has 1 N–H and O–H groups in total. The van der Waals surface area contributed by atoms with Crippen molar-refractivity contribution < 1.29 is 33.3 Å². The van der Waals surface area contributed by atoms with E-state index in [1.165, 1.54) is 13.8 Å². The Morgan fingerprint density at radius 3 is 2.61 bits per heavy atom. The Morgan fingerprint density at radius 1 is 1.29 bits per heavy atom. The summed E-state index contributed by atoms with van der Waals surface area (Å²) in [6, 6.07) is 1.97. The predicted octanol–water partition coefficient (Wildman–Crippen LogP) is 3.28. The number of carbonyl (C=O) groups excluding carboxylic acids is 2. The van der Waals surface area contributed by atoms with Gasteiger partial charge in [0, 0.05) is 19.8 Å². The quantitative estimate of drug-likeness (QED) is 0.542. The second kappa shape index (κ2) is 7.93. The highest BCUT2D eigenvalue weighted by Gasteiger charge is 2.76. The standard InChI is InChI=1S/C24H34O7/c1-15-11-20(31-17(3)26)24(14-29-16(2)25)21(19(27)6-9-23(24)13-30-23)22(15,4)8-5-18-7-10-28-12-18/h7,10,12,15,19-21,27H,5-6,8-9,11,13-14H2,1-4H3/t15-,19+,20+,21-,22+,23+,24-/m1/s1. The third kappa shape index (κ3) is 3.59. The Kier molecular flexibility index (Phi) is 5.71. The first-order valence-corrected chi connectivity index (χ1v) is 11.3. The highest BCUT2D eigenvalue weighted by Crippen LogP contribution is 2.69. The van der Waals surface area contributed by atoms with Gasteiger partial charge in [0.25, 0.3) is 0 Å². The molecule has 3 aliphatic rings. The van der Waals surface area contributed by atoms with Gasteiger partial charge in [-0.1, -0.05) is 13.8 Å². The molecule has 0 radical (unpaired) electrons. The molecule has 0 aromatic carbocycles. The van der Waals surface area contributed by atoms with Crippen molar-refractivity contribution in [2.45, 2.75) is 77.6 Å². The number of esters is 2. The number of ether oxygens (including phenoxy) is 3. The summed E-state index contributed by atoms with van der Waals surface area (Å²) < 4.78 is 22.8. The molecule has 31 heavy (non-hydrogen) atoms. The summed E-state index contributed by atoms with van der Waals surface area (Å²) >= 11 is 0. The number of epoxide rings is 1. The van der Waals surface area contributed by atoms with E-state index in [1.54, 1.807) is 12.5 Å². The molecule has 7 nitrogen and oxygen atoms in total. The fourth-order valence-corrected chi connectivity index (χ4v) is 6.68. The third-order valence-corrected chi connectivity index (χ3v) is 8.46. The summed E-state index contributed by atoms with van der Waals surface area (Å²) in [5.41, 5.74) is -0.473. The molecule has 1 spiro atoms. The van der Waals surface area contributed by atoms with Crippen LogP contribution >= 0.6 is 0 Å². The Hall–Kier alpha value is -1.86. The van der Waals surface area contributed by atoms with Crippen LogP contribution in [0.4, 0.5) is 0 Å². The van der Waals surface area contributed by atoms with E-state index in [-0.39, 0.29) is 35.8 Å². The average Bonchev–Trinajstić information content (AvgIpc) is 3.29. The molecule has 1 aromatic rings. The second-order valence-electron chi connectivity index (χ2n) is 10.1. The van der Waals surface area contributed by atoms with Crippen molar-refractivity contribution in [3.8, 4) is 0 Å². The van der Waals surface area contributed by atoms with Crippen LogP contribution in [0.15, 0.2) is 23.0 Å². The highest BCUT2D eigenvalue weighted by molar-refractivity contribution is 5.67. The van der Waals surface area contributed by atoms with Gasteiger partial charge in [0.15, 0.2) is 0 Å². The maximum atomic E-state index is 12.1. The Labute approximate surface area is 183 Å². The molecule has 1 aliphatic heterocycles. The van der Waals surface area contributed by atoms with Crippen molar-refractivity contribution in [1.29, 1.82) is 0 Å². The molecule has 0 bridgehead atoms. The number of hydrogen-bond acceptors (Lipinski definition) is 7. The first-order valence-electron chi connectivity index (χ1n) is 11.3. The fourth-order valence-electron chi connectivity index (χ4n) is 6.68. The Morgan fingerprint density at radius 2 is 2.03 bits per heavy atom. The molecule has 0 unspecified atom stereocenters. The van der Waals surface area contributed by atoms with E-state index >= 15 is 0 Å². The van der Waals surface area contributed by atoms with Gasteiger partial charge >= 0.3 is 11.9 Å². The third-order valence-electron chi connectivity index (χ3n) is 8.46. The smallest absolute Gasteiger partial charge is 0.302 e. The first-order chi connectivity index (χ1) is 14.6. The largest absolute Gasteiger partial charge is 0.472 e. The topological polar surface area (TPSA) is 98.5 Å². The van der Waals surface area contributed by atoms with Gasteiger partial charge in [0.05, 0.1) is 30.7 Å². The van der Waals surface area contributed by atoms with Crippen LogP contribution in [0.5, 0.6) is 0 Å². The molecule has 3 fully saturated rings. The van der Waals surface area contributed by atoms with Crippen LogP contribution < -0.4 is 0 Å². The Bertz CT molecular complexity index is 814. The van der Waals surface area contributed by atoms with Crippen molar-refractivity contribution in [3.63, 3.8) is 0 Å². The molecular formula is C24H34O7. The van der Waals surface area contributed by atoms with Gasteiger partial charge in [-0.2, -0.15) is 0 Å². The van der Waals surface area contributed by atoms with E-state index in [2.05, 4.69) is 13.8 Å². The number of hydrogen-bond donors (Lipinski definition) is 1. The lowest BCUT2D eigenvalue weighted by Crippen LogP contribution is -2.70. The van der Waals surface area contributed by atoms with Crippen molar-refractivity contribution >= 4 is 11.9 Å². The minimum Gasteiger partial charge on any atom is -0.472 e. The zero-order chi connectivity index (χ0) is 22.4. The van der Waals surface area contributed by atoms with Crippen molar-refractivity contribution in [3.05, 3.63) is 24.2 Å². The lowest BCUT2D eigenvalue weighted by Gasteiger charge is -2.64. The zero-order valence-corrected chi connectivity index (χ0v) is 18.9. The number of fused-ring (bicyclic) bond motifs is 2. The summed E-state index contributed by atoms with van der Waals surface area (Å²) in [6.45, 7) is 7.79. The maximum Gasteiger partial charge on any atom is 0.302 e. The molecule has 7 atom stereocenters. The van der Waals surface area contributed by atoms with Crippen molar-refractivity contribution in [2.24, 2.45) is 22.7 Å². The summed E-state index contributed by atoms with van der Waals surface area (Å²) in [7, 11) is 0. The number of aliphatic hydroxyl groups is 1. The van der Waals surface area contributed by atoms with Crippen molar-refractivity contribution in [1.82, 2.24) is 0 Å². The van der Waals surface area contributed by atoms with Crippen LogP contribution in [0.3, 0.4) is 0 Å². The molecule has 4 rings (SSSR count). The van der Waals surface area contributed by atoms with Crippen LogP contribution in [0.1, 0.15) is 58.9 Å². The molecule has 0 amide bonds. The van der Waals surface area contributed by atoms with Crippen LogP contribution in [-0.2, 0) is 30.2 Å². The van der Waals surface area contributed by atoms with Crippen LogP contribution in [0.25, 0.3) is 0 Å². The van der Waals surface area contributed by atoms with Gasteiger partial charge in [-0.05, 0) is 55.1 Å². The van der Waals surface area contributed by atoms with E-state index in [9.17, 15) is 14.7 Å². The molecule has 2 aliphatic carbocycles. The molecule has 2 saturated carbocycles. The SMILES string of the molecule is CC(=O)OC[C@@]12[C@@H](OC(C)=O)C[C@@H](C)[C@](C)(CCc3ccoc3)[C@H]1[C@@H](O)CC[C@]21CO1. The van der Waals surface area contributed by atoms with Crippen LogP contribution in [-0.4, -0.2) is 48.1 Å². The van der Waals surface area contributed by atoms with Gasteiger partial charge in [-0.3, -0.25) is 9.59 Å². The van der Waals surface area contributed by atoms with E-state index in [4.69, 9.17) is 18.6 Å². The van der Waals surface area contributed by atoms with E-state index in [0.29, 0.717) is 25.9 Å². The number of aliphatic hydroxyl groups excluding tert-OH is 1. The van der Waals surface area contributed by atoms with E-state index in [1.807, 2.05) is 6.07 Å². The summed E-state index contributed by atoms with van der Waals surface area (Å²) in [5, 5.41) is 11.4. The average molecular weight is 435 g/mol. The van der Waals surface area contributed by atoms with Crippen LogP contribution in [0, 0.1) is 22.7 Å². The van der Waals surface area contributed by atoms with Crippen LogP contribution in [0.2, 0.25) is 0 Å². The molecule has 172 valence electrons. The van der Waals surface area contributed by atoms with Gasteiger partial charge in [0.1, 0.15) is 18.3 Å². The molecular weight excluding hydrogens is 400 g/mol. The molecule has 1 saturated heterocycles. The lowest BCUT2D eigenvalue weighted by atomic mass is 9.42. The monoisotopic (exact) mass is 434 g/mol. The summed E-state index contributed by atoms with van der Waals surface area (Å²) in [6.07, 6.45) is 5.92.